The smallest absolute Gasteiger partial charge is 0.134 e. The Labute approximate surface area is 98.7 Å². The number of fused-ring (bicyclic) bond motifs is 3. The van der Waals surface area contributed by atoms with Crippen LogP contribution in [0.25, 0.3) is 18.2 Å². The summed E-state index contributed by atoms with van der Waals surface area (Å²) in [5.41, 5.74) is 1.04. The molecule has 0 amide bonds. The molecule has 3 rings (SSSR count). The van der Waals surface area contributed by atoms with Gasteiger partial charge in [-0.15, -0.1) is 0 Å². The average Bonchev–Trinajstić information content (AvgIpc) is 2.86. The predicted molar refractivity (Wildman–Crippen MR) is 65.3 cm³/mol. The largest absolute Gasteiger partial charge is 0.496 e. The molecule has 0 spiro atoms. The maximum absolute atomic E-state index is 10.8. The van der Waals surface area contributed by atoms with Crippen LogP contribution in [-0.4, -0.2) is 20.0 Å². The number of rotatable bonds is 2. The second-order valence-corrected chi connectivity index (χ2v) is 4.13. The van der Waals surface area contributed by atoms with Gasteiger partial charge in [0, 0.05) is 16.0 Å². The quantitative estimate of drug-likeness (QED) is 0.691. The highest BCUT2D eigenvalue weighted by molar-refractivity contribution is 5.75. The SMILES string of the molecule is COc1cc2c(c3c1=CC=C3)OCC(C=O)C=2. The highest BCUT2D eigenvalue weighted by Crippen LogP contribution is 2.22. The predicted octanol–water partition coefficient (Wildman–Crippen LogP) is 0.490. The van der Waals surface area contributed by atoms with E-state index in [0.717, 1.165) is 33.8 Å². The zero-order valence-electron chi connectivity index (χ0n) is 9.47. The molecule has 0 radical (unpaired) electrons. The number of allylic oxidation sites excluding steroid dienone is 1. The third-order valence-electron chi connectivity index (χ3n) is 3.08. The normalized spacial score (nSPS) is 19.5. The van der Waals surface area contributed by atoms with E-state index in [-0.39, 0.29) is 5.92 Å². The first-order chi connectivity index (χ1) is 8.33. The number of methoxy groups -OCH3 is 1. The first-order valence-electron chi connectivity index (χ1n) is 5.53. The Morgan fingerprint density at radius 1 is 1.53 bits per heavy atom. The summed E-state index contributed by atoms with van der Waals surface area (Å²) < 4.78 is 11.0. The van der Waals surface area contributed by atoms with Crippen LogP contribution in [-0.2, 0) is 4.79 Å². The standard InChI is InChI=1S/C14H12O3/c1-16-13-6-10-5-9(7-15)8-17-14(10)12-4-2-3-11(12)13/h2-7,9H,8H2,1H3. The zero-order valence-corrected chi connectivity index (χ0v) is 9.47. The van der Waals surface area contributed by atoms with Gasteiger partial charge in [0.25, 0.3) is 0 Å². The third-order valence-corrected chi connectivity index (χ3v) is 3.08. The van der Waals surface area contributed by atoms with Gasteiger partial charge in [-0.3, -0.25) is 0 Å². The number of hydrogen-bond acceptors (Lipinski definition) is 3. The molecule has 3 nitrogen and oxygen atoms in total. The first kappa shape index (κ1) is 10.1. The van der Waals surface area contributed by atoms with E-state index in [0.29, 0.717) is 6.61 Å². The van der Waals surface area contributed by atoms with E-state index < -0.39 is 0 Å². The summed E-state index contributed by atoms with van der Waals surface area (Å²) in [6.07, 6.45) is 8.82. The molecule has 0 saturated heterocycles. The number of carbonyl (C=O) groups excluding carboxylic acids is 1. The van der Waals surface area contributed by atoms with Crippen molar-refractivity contribution in [3.05, 3.63) is 28.1 Å². The number of aldehydes is 1. The van der Waals surface area contributed by atoms with E-state index in [2.05, 4.69) is 0 Å². The second kappa shape index (κ2) is 3.77. The van der Waals surface area contributed by atoms with Crippen molar-refractivity contribution in [1.82, 2.24) is 0 Å². The average molecular weight is 228 g/mol. The van der Waals surface area contributed by atoms with Crippen molar-refractivity contribution in [2.24, 2.45) is 5.92 Å². The highest BCUT2D eigenvalue weighted by atomic mass is 16.5. The summed E-state index contributed by atoms with van der Waals surface area (Å²) in [7, 11) is 1.65. The van der Waals surface area contributed by atoms with Gasteiger partial charge in [-0.25, -0.2) is 0 Å². The molecule has 1 aliphatic heterocycles. The molecular weight excluding hydrogens is 216 g/mol. The van der Waals surface area contributed by atoms with Crippen LogP contribution in [0.3, 0.4) is 0 Å². The molecule has 0 aromatic heterocycles. The molecule has 1 heterocycles. The number of carbonyl (C=O) groups is 1. The Morgan fingerprint density at radius 2 is 2.41 bits per heavy atom. The topological polar surface area (TPSA) is 35.5 Å². The van der Waals surface area contributed by atoms with Gasteiger partial charge in [-0.2, -0.15) is 0 Å². The Kier molecular flexibility index (Phi) is 2.25. The molecule has 17 heavy (non-hydrogen) atoms. The molecule has 3 heteroatoms. The second-order valence-electron chi connectivity index (χ2n) is 4.13. The molecule has 1 atom stereocenters. The fourth-order valence-corrected chi connectivity index (χ4v) is 2.26. The van der Waals surface area contributed by atoms with Gasteiger partial charge >= 0.3 is 0 Å². The summed E-state index contributed by atoms with van der Waals surface area (Å²) in [5, 5.41) is 1.98. The van der Waals surface area contributed by atoms with E-state index in [1.54, 1.807) is 7.11 Å². The van der Waals surface area contributed by atoms with Crippen LogP contribution < -0.4 is 19.9 Å². The maximum Gasteiger partial charge on any atom is 0.134 e. The number of benzene rings is 1. The lowest BCUT2D eigenvalue weighted by Gasteiger charge is -2.18. The molecule has 0 bridgehead atoms. The van der Waals surface area contributed by atoms with Crippen molar-refractivity contribution in [1.29, 1.82) is 0 Å². The van der Waals surface area contributed by atoms with Gasteiger partial charge in [0.2, 0.25) is 0 Å². The first-order valence-corrected chi connectivity index (χ1v) is 5.53. The molecule has 1 aromatic carbocycles. The highest BCUT2D eigenvalue weighted by Gasteiger charge is 2.18. The molecule has 2 aliphatic rings. The molecule has 1 aliphatic carbocycles. The summed E-state index contributed by atoms with van der Waals surface area (Å²) in [5.74, 6) is 1.50. The van der Waals surface area contributed by atoms with E-state index in [1.807, 2.05) is 30.4 Å². The van der Waals surface area contributed by atoms with Gasteiger partial charge in [0.15, 0.2) is 0 Å². The molecule has 1 unspecified atom stereocenters. The third kappa shape index (κ3) is 1.46. The Balaban J connectivity index is 2.32. The summed E-state index contributed by atoms with van der Waals surface area (Å²) in [6, 6.07) is 1.92. The van der Waals surface area contributed by atoms with Crippen molar-refractivity contribution in [3.8, 4) is 11.5 Å². The van der Waals surface area contributed by atoms with Crippen LogP contribution in [0.4, 0.5) is 0 Å². The van der Waals surface area contributed by atoms with Crippen molar-refractivity contribution in [2.75, 3.05) is 13.7 Å². The van der Waals surface area contributed by atoms with Gasteiger partial charge < -0.3 is 14.3 Å². The van der Waals surface area contributed by atoms with Crippen molar-refractivity contribution >= 4 is 24.5 Å². The maximum atomic E-state index is 10.8. The molecule has 1 aromatic rings. The molecule has 0 N–H and O–H groups in total. The minimum atomic E-state index is -0.167. The lowest BCUT2D eigenvalue weighted by molar-refractivity contribution is -0.110. The van der Waals surface area contributed by atoms with Crippen LogP contribution in [0.2, 0.25) is 0 Å². The zero-order chi connectivity index (χ0) is 11.8. The van der Waals surface area contributed by atoms with Crippen LogP contribution in [0, 0.1) is 5.92 Å². The minimum absolute atomic E-state index is 0.167. The fourth-order valence-electron chi connectivity index (χ4n) is 2.26. The van der Waals surface area contributed by atoms with E-state index >= 15 is 0 Å². The van der Waals surface area contributed by atoms with Crippen LogP contribution >= 0.6 is 0 Å². The minimum Gasteiger partial charge on any atom is -0.496 e. The number of ether oxygens (including phenoxy) is 2. The van der Waals surface area contributed by atoms with E-state index in [1.165, 1.54) is 0 Å². The fraction of sp³-hybridized carbons (Fsp3) is 0.214. The molecular formula is C14H12O3. The van der Waals surface area contributed by atoms with Gasteiger partial charge in [-0.1, -0.05) is 24.3 Å². The number of hydrogen-bond donors (Lipinski definition) is 0. The van der Waals surface area contributed by atoms with E-state index in [4.69, 9.17) is 9.47 Å². The summed E-state index contributed by atoms with van der Waals surface area (Å²) in [6.45, 7) is 0.420. The summed E-state index contributed by atoms with van der Waals surface area (Å²) >= 11 is 0. The van der Waals surface area contributed by atoms with Gasteiger partial charge in [0.1, 0.15) is 24.4 Å². The van der Waals surface area contributed by atoms with Crippen molar-refractivity contribution in [2.45, 2.75) is 0 Å². The Morgan fingerprint density at radius 3 is 3.18 bits per heavy atom. The van der Waals surface area contributed by atoms with Gasteiger partial charge in [0.05, 0.1) is 13.0 Å². The van der Waals surface area contributed by atoms with Crippen molar-refractivity contribution in [3.63, 3.8) is 0 Å². The van der Waals surface area contributed by atoms with E-state index in [9.17, 15) is 4.79 Å². The van der Waals surface area contributed by atoms with Crippen LogP contribution in [0.1, 0.15) is 5.56 Å². The van der Waals surface area contributed by atoms with Crippen LogP contribution in [0.5, 0.6) is 11.5 Å². The lowest BCUT2D eigenvalue weighted by atomic mass is 10.0. The monoisotopic (exact) mass is 228 g/mol. The molecule has 0 saturated carbocycles. The molecule has 0 fully saturated rings. The lowest BCUT2D eigenvalue weighted by Crippen LogP contribution is -2.27. The Hall–Kier alpha value is -2.03. The summed E-state index contributed by atoms with van der Waals surface area (Å²) in [4.78, 5) is 10.8. The molecule has 86 valence electrons. The van der Waals surface area contributed by atoms with Gasteiger partial charge in [-0.05, 0) is 6.07 Å². The Bertz CT molecular complexity index is 626. The van der Waals surface area contributed by atoms with Crippen LogP contribution in [0.15, 0.2) is 12.1 Å². The van der Waals surface area contributed by atoms with Crippen molar-refractivity contribution < 1.29 is 14.3 Å².